The number of fused-ring (bicyclic) bond motifs is 15. The highest BCUT2D eigenvalue weighted by atomic mass is 16.3. The van der Waals surface area contributed by atoms with E-state index in [-0.39, 0.29) is 0 Å². The van der Waals surface area contributed by atoms with Crippen molar-refractivity contribution < 1.29 is 4.42 Å². The van der Waals surface area contributed by atoms with E-state index in [0.717, 1.165) is 39.0 Å². The average Bonchev–Trinajstić information content (AvgIpc) is 3.94. The van der Waals surface area contributed by atoms with Gasteiger partial charge in [-0.2, -0.15) is 0 Å². The van der Waals surface area contributed by atoms with E-state index in [0.29, 0.717) is 0 Å². The van der Waals surface area contributed by atoms with Gasteiger partial charge in [-0.05, 0) is 110 Å². The lowest BCUT2D eigenvalue weighted by Gasteiger charge is -2.26. The van der Waals surface area contributed by atoms with Crippen molar-refractivity contribution in [3.05, 3.63) is 194 Å². The molecule has 0 spiro atoms. The van der Waals surface area contributed by atoms with Gasteiger partial charge in [0.25, 0.3) is 0 Å². The number of para-hydroxylation sites is 3. The minimum Gasteiger partial charge on any atom is -0.456 e. The van der Waals surface area contributed by atoms with E-state index >= 15 is 0 Å². The molecular weight excluding hydrogens is 693 g/mol. The molecule has 0 amide bonds. The Morgan fingerprint density at radius 1 is 0.298 bits per heavy atom. The van der Waals surface area contributed by atoms with E-state index in [9.17, 15) is 0 Å². The zero-order valence-electron chi connectivity index (χ0n) is 30.8. The number of aromatic nitrogens is 1. The number of anilines is 3. The molecule has 0 bridgehead atoms. The topological polar surface area (TPSA) is 20.8 Å². The fourth-order valence-corrected chi connectivity index (χ4v) is 9.75. The number of benzene rings is 10. The Kier molecular flexibility index (Phi) is 6.16. The van der Waals surface area contributed by atoms with Crippen LogP contribution in [0, 0.1) is 0 Å². The van der Waals surface area contributed by atoms with Crippen molar-refractivity contribution in [2.24, 2.45) is 0 Å². The van der Waals surface area contributed by atoms with Gasteiger partial charge in [-0.1, -0.05) is 127 Å². The first-order chi connectivity index (χ1) is 28.3. The second kappa shape index (κ2) is 11.5. The van der Waals surface area contributed by atoms with Crippen molar-refractivity contribution >= 4 is 109 Å². The summed E-state index contributed by atoms with van der Waals surface area (Å²) < 4.78 is 8.72. The Balaban J connectivity index is 0.992. The third-order valence-electron chi connectivity index (χ3n) is 12.3. The molecule has 3 heteroatoms. The van der Waals surface area contributed by atoms with Gasteiger partial charge < -0.3 is 13.7 Å². The molecule has 10 aromatic carbocycles. The van der Waals surface area contributed by atoms with Crippen LogP contribution in [0.2, 0.25) is 0 Å². The maximum atomic E-state index is 6.28. The van der Waals surface area contributed by atoms with Gasteiger partial charge in [-0.3, -0.25) is 0 Å². The highest BCUT2D eigenvalue weighted by Gasteiger charge is 2.20. The largest absolute Gasteiger partial charge is 0.456 e. The summed E-state index contributed by atoms with van der Waals surface area (Å²) in [6.07, 6.45) is 0. The Morgan fingerprint density at radius 3 is 1.56 bits per heavy atom. The van der Waals surface area contributed by atoms with E-state index in [1.807, 2.05) is 12.1 Å². The molecule has 0 atom stereocenters. The van der Waals surface area contributed by atoms with Crippen LogP contribution >= 0.6 is 0 Å². The minimum absolute atomic E-state index is 0.887. The standard InChI is InChI=1S/C54H32N2O/c1-2-12-40-38(10-1)39-11-3-4-13-41(39)47-31-36(25-27-42(40)47)55(37-26-29-53-49(32-37)44-15-6-8-19-52(44)57-53)35-23-20-33(21-24-35)34-22-28-51-48(30-34)46-17-9-16-45-43-14-5-7-18-50(43)56(51)54(45)46/h1-32H. The van der Waals surface area contributed by atoms with Gasteiger partial charge in [0.05, 0.1) is 16.6 Å². The van der Waals surface area contributed by atoms with Gasteiger partial charge in [-0.15, -0.1) is 0 Å². The molecular formula is C54H32N2O. The molecule has 3 aromatic heterocycles. The normalized spacial score (nSPS) is 12.2. The van der Waals surface area contributed by atoms with Crippen molar-refractivity contribution in [3.63, 3.8) is 0 Å². The maximum absolute atomic E-state index is 6.28. The van der Waals surface area contributed by atoms with E-state index in [1.165, 1.54) is 81.5 Å². The third-order valence-corrected chi connectivity index (χ3v) is 12.3. The van der Waals surface area contributed by atoms with Gasteiger partial charge in [0, 0.05) is 49.4 Å². The molecule has 0 fully saturated rings. The molecule has 3 nitrogen and oxygen atoms in total. The van der Waals surface area contributed by atoms with E-state index in [4.69, 9.17) is 4.42 Å². The van der Waals surface area contributed by atoms with Crippen molar-refractivity contribution in [2.45, 2.75) is 0 Å². The highest BCUT2D eigenvalue weighted by molar-refractivity contribution is 6.26. The Bertz CT molecular complexity index is 3720. The zero-order chi connectivity index (χ0) is 37.2. The maximum Gasteiger partial charge on any atom is 0.135 e. The quantitative estimate of drug-likeness (QED) is 0.169. The van der Waals surface area contributed by atoms with Crippen LogP contribution < -0.4 is 4.90 Å². The van der Waals surface area contributed by atoms with Crippen LogP contribution in [0.5, 0.6) is 0 Å². The van der Waals surface area contributed by atoms with E-state index in [1.54, 1.807) is 0 Å². The number of hydrogen-bond donors (Lipinski definition) is 0. The fourth-order valence-electron chi connectivity index (χ4n) is 9.75. The van der Waals surface area contributed by atoms with Crippen LogP contribution in [-0.4, -0.2) is 4.40 Å². The Hall–Kier alpha value is -7.62. The summed E-state index contributed by atoms with van der Waals surface area (Å²) in [4.78, 5) is 2.39. The molecule has 0 saturated heterocycles. The monoisotopic (exact) mass is 724 g/mol. The van der Waals surface area contributed by atoms with Crippen LogP contribution in [0.3, 0.4) is 0 Å². The van der Waals surface area contributed by atoms with Gasteiger partial charge >= 0.3 is 0 Å². The van der Waals surface area contributed by atoms with Gasteiger partial charge in [-0.25, -0.2) is 0 Å². The lowest BCUT2D eigenvalue weighted by molar-refractivity contribution is 0.669. The summed E-state index contributed by atoms with van der Waals surface area (Å²) >= 11 is 0. The minimum atomic E-state index is 0.887. The first kappa shape index (κ1) is 30.7. The summed E-state index contributed by atoms with van der Waals surface area (Å²) in [5, 5.41) is 15.0. The molecule has 0 N–H and O–H groups in total. The molecule has 0 aliphatic rings. The molecule has 57 heavy (non-hydrogen) atoms. The molecule has 0 radical (unpaired) electrons. The fraction of sp³-hybridized carbons (Fsp3) is 0. The zero-order valence-corrected chi connectivity index (χ0v) is 30.8. The Labute approximate surface area is 327 Å². The van der Waals surface area contributed by atoms with Crippen LogP contribution in [0.1, 0.15) is 0 Å². The second-order valence-corrected chi connectivity index (χ2v) is 15.3. The third kappa shape index (κ3) is 4.31. The van der Waals surface area contributed by atoms with Crippen molar-refractivity contribution in [1.82, 2.24) is 4.40 Å². The van der Waals surface area contributed by atoms with Crippen LogP contribution in [-0.2, 0) is 0 Å². The van der Waals surface area contributed by atoms with Crippen molar-refractivity contribution in [1.29, 1.82) is 0 Å². The van der Waals surface area contributed by atoms with Crippen LogP contribution in [0.25, 0.3) is 103 Å². The van der Waals surface area contributed by atoms with Crippen LogP contribution in [0.4, 0.5) is 17.1 Å². The average molecular weight is 725 g/mol. The summed E-state index contributed by atoms with van der Waals surface area (Å²) in [6.45, 7) is 0. The van der Waals surface area contributed by atoms with Crippen LogP contribution in [0.15, 0.2) is 199 Å². The van der Waals surface area contributed by atoms with E-state index < -0.39 is 0 Å². The molecule has 0 aliphatic carbocycles. The number of nitrogens with zero attached hydrogens (tertiary/aromatic N) is 2. The molecule has 13 aromatic rings. The first-order valence-electron chi connectivity index (χ1n) is 19.6. The molecule has 0 unspecified atom stereocenters. The summed E-state index contributed by atoms with van der Waals surface area (Å²) in [7, 11) is 0. The Morgan fingerprint density at radius 2 is 0.807 bits per heavy atom. The molecule has 13 rings (SSSR count). The molecule has 0 aliphatic heterocycles. The SMILES string of the molecule is c1ccc2c(c1)oc1ccc(N(c3ccc(-c4ccc5c(c4)c4cccc6c7ccccc7n5c64)cc3)c3ccc4c5ccccc5c5ccccc5c4c3)cc12. The first-order valence-corrected chi connectivity index (χ1v) is 19.6. The van der Waals surface area contributed by atoms with Crippen molar-refractivity contribution in [2.75, 3.05) is 4.90 Å². The number of furan rings is 1. The highest BCUT2D eigenvalue weighted by Crippen LogP contribution is 2.44. The summed E-state index contributed by atoms with van der Waals surface area (Å²) in [5.41, 5.74) is 11.2. The van der Waals surface area contributed by atoms with Crippen molar-refractivity contribution in [3.8, 4) is 11.1 Å². The summed E-state index contributed by atoms with van der Waals surface area (Å²) in [5.74, 6) is 0. The molecule has 264 valence electrons. The van der Waals surface area contributed by atoms with E-state index in [2.05, 4.69) is 191 Å². The van der Waals surface area contributed by atoms with Gasteiger partial charge in [0.15, 0.2) is 0 Å². The lowest BCUT2D eigenvalue weighted by Crippen LogP contribution is -2.10. The predicted molar refractivity (Wildman–Crippen MR) is 241 cm³/mol. The number of rotatable bonds is 4. The smallest absolute Gasteiger partial charge is 0.135 e. The lowest BCUT2D eigenvalue weighted by atomic mass is 9.94. The molecule has 0 saturated carbocycles. The summed E-state index contributed by atoms with van der Waals surface area (Å²) in [6, 6.07) is 70.9. The number of hydrogen-bond acceptors (Lipinski definition) is 2. The van der Waals surface area contributed by atoms with Gasteiger partial charge in [0.2, 0.25) is 0 Å². The second-order valence-electron chi connectivity index (χ2n) is 15.3. The predicted octanol–water partition coefficient (Wildman–Crippen LogP) is 15.3. The van der Waals surface area contributed by atoms with Gasteiger partial charge in [0.1, 0.15) is 11.2 Å². The molecule has 3 heterocycles.